The fraction of sp³-hybridized carbons (Fsp3) is 0.333. The summed E-state index contributed by atoms with van der Waals surface area (Å²) in [5, 5.41) is 11.5. The van der Waals surface area contributed by atoms with Crippen LogP contribution in [0.25, 0.3) is 0 Å². The number of rotatable bonds is 5. The van der Waals surface area contributed by atoms with E-state index < -0.39 is 12.0 Å². The van der Waals surface area contributed by atoms with Crippen LogP contribution in [-0.4, -0.2) is 23.0 Å². The van der Waals surface area contributed by atoms with Crippen LogP contribution in [0.2, 0.25) is 0 Å². The number of benzene rings is 1. The number of nitrogens with one attached hydrogen (secondary N) is 1. The number of nitrogens with two attached hydrogens (primary N) is 1. The Hall–Kier alpha value is -2.04. The fourth-order valence-corrected chi connectivity index (χ4v) is 1.39. The van der Waals surface area contributed by atoms with Gasteiger partial charge in [0.25, 0.3) is 0 Å². The first-order valence-electron chi connectivity index (χ1n) is 5.39. The van der Waals surface area contributed by atoms with Crippen LogP contribution in [0.3, 0.4) is 0 Å². The largest absolute Gasteiger partial charge is 0.480 e. The van der Waals surface area contributed by atoms with Crippen molar-refractivity contribution in [3.05, 3.63) is 29.8 Å². The van der Waals surface area contributed by atoms with Gasteiger partial charge >= 0.3 is 5.97 Å². The van der Waals surface area contributed by atoms with Crippen molar-refractivity contribution in [2.45, 2.75) is 25.8 Å². The second-order valence-electron chi connectivity index (χ2n) is 3.76. The summed E-state index contributed by atoms with van der Waals surface area (Å²) >= 11 is 0. The lowest BCUT2D eigenvalue weighted by Crippen LogP contribution is -2.42. The van der Waals surface area contributed by atoms with Gasteiger partial charge in [0, 0.05) is 18.5 Å². The molecule has 4 N–H and O–H groups in total. The van der Waals surface area contributed by atoms with E-state index in [1.165, 1.54) is 0 Å². The highest BCUT2D eigenvalue weighted by atomic mass is 16.4. The molecule has 1 aromatic carbocycles. The zero-order chi connectivity index (χ0) is 12.8. The number of carboxylic acid groups (broad SMARTS) is 1. The van der Waals surface area contributed by atoms with Crippen molar-refractivity contribution in [3.63, 3.8) is 0 Å². The van der Waals surface area contributed by atoms with Gasteiger partial charge in [0.05, 0.1) is 0 Å². The third-order valence-corrected chi connectivity index (χ3v) is 2.37. The minimum Gasteiger partial charge on any atom is -0.480 e. The molecule has 0 aromatic heterocycles. The number of nitrogen functional groups attached to an aromatic ring is 1. The SMILES string of the molecule is CCC(=O)N[C@@H](Cc1ccc(N)cc1)C(=O)O. The molecular formula is C12H16N2O3. The van der Waals surface area contributed by atoms with E-state index >= 15 is 0 Å². The molecule has 1 aromatic rings. The molecule has 0 bridgehead atoms. The van der Waals surface area contributed by atoms with E-state index in [9.17, 15) is 9.59 Å². The molecular weight excluding hydrogens is 220 g/mol. The molecule has 0 radical (unpaired) electrons. The van der Waals surface area contributed by atoms with Gasteiger partial charge < -0.3 is 16.2 Å². The Balaban J connectivity index is 2.70. The van der Waals surface area contributed by atoms with E-state index in [-0.39, 0.29) is 18.7 Å². The molecule has 0 saturated heterocycles. The molecule has 1 atom stereocenters. The first kappa shape index (κ1) is 13.0. The van der Waals surface area contributed by atoms with Crippen molar-refractivity contribution in [1.82, 2.24) is 5.32 Å². The number of amides is 1. The minimum absolute atomic E-state index is 0.251. The van der Waals surface area contributed by atoms with Crippen molar-refractivity contribution in [3.8, 4) is 0 Å². The summed E-state index contributed by atoms with van der Waals surface area (Å²) in [5.74, 6) is -1.31. The topological polar surface area (TPSA) is 92.4 Å². The second kappa shape index (κ2) is 5.89. The molecule has 0 fully saturated rings. The highest BCUT2D eigenvalue weighted by molar-refractivity contribution is 5.83. The number of carboxylic acids is 1. The molecule has 0 heterocycles. The van der Waals surface area contributed by atoms with Gasteiger partial charge in [-0.3, -0.25) is 4.79 Å². The third kappa shape index (κ3) is 4.14. The predicted molar refractivity (Wildman–Crippen MR) is 64.4 cm³/mol. The smallest absolute Gasteiger partial charge is 0.326 e. The van der Waals surface area contributed by atoms with Gasteiger partial charge in [0.15, 0.2) is 0 Å². The lowest BCUT2D eigenvalue weighted by Gasteiger charge is -2.14. The standard InChI is InChI=1S/C12H16N2O3/c1-2-11(15)14-10(12(16)17)7-8-3-5-9(13)6-4-8/h3-6,10H,2,7,13H2,1H3,(H,14,15)(H,16,17)/t10-/m0/s1. The van der Waals surface area contributed by atoms with E-state index in [1.807, 2.05) is 0 Å². The van der Waals surface area contributed by atoms with Crippen LogP contribution in [0, 0.1) is 0 Å². The lowest BCUT2D eigenvalue weighted by atomic mass is 10.1. The van der Waals surface area contributed by atoms with Crippen molar-refractivity contribution in [1.29, 1.82) is 0 Å². The van der Waals surface area contributed by atoms with E-state index in [4.69, 9.17) is 10.8 Å². The quantitative estimate of drug-likeness (QED) is 0.659. The number of hydrogen-bond acceptors (Lipinski definition) is 3. The van der Waals surface area contributed by atoms with E-state index in [0.717, 1.165) is 5.56 Å². The van der Waals surface area contributed by atoms with Gasteiger partial charge in [0.1, 0.15) is 6.04 Å². The Labute approximate surface area is 99.6 Å². The maximum atomic E-state index is 11.2. The third-order valence-electron chi connectivity index (χ3n) is 2.37. The van der Waals surface area contributed by atoms with E-state index in [0.29, 0.717) is 5.69 Å². The van der Waals surface area contributed by atoms with Crippen LogP contribution in [0.5, 0.6) is 0 Å². The summed E-state index contributed by atoms with van der Waals surface area (Å²) in [4.78, 5) is 22.2. The molecule has 92 valence electrons. The minimum atomic E-state index is -1.04. The average Bonchev–Trinajstić information content (AvgIpc) is 2.30. The van der Waals surface area contributed by atoms with Crippen LogP contribution in [-0.2, 0) is 16.0 Å². The van der Waals surface area contributed by atoms with Gasteiger partial charge in [0.2, 0.25) is 5.91 Å². The Morgan fingerprint density at radius 3 is 2.41 bits per heavy atom. The highest BCUT2D eigenvalue weighted by Gasteiger charge is 2.19. The Bertz CT molecular complexity index is 401. The zero-order valence-electron chi connectivity index (χ0n) is 9.64. The fourth-order valence-electron chi connectivity index (χ4n) is 1.39. The van der Waals surface area contributed by atoms with E-state index in [1.54, 1.807) is 31.2 Å². The average molecular weight is 236 g/mol. The number of hydrogen-bond donors (Lipinski definition) is 3. The molecule has 5 heteroatoms. The van der Waals surface area contributed by atoms with Crippen LogP contribution in [0.1, 0.15) is 18.9 Å². The summed E-state index contributed by atoms with van der Waals surface area (Å²) < 4.78 is 0. The highest BCUT2D eigenvalue weighted by Crippen LogP contribution is 2.08. The van der Waals surface area contributed by atoms with Crippen molar-refractivity contribution >= 4 is 17.6 Å². The zero-order valence-corrected chi connectivity index (χ0v) is 9.64. The molecule has 1 rings (SSSR count). The van der Waals surface area contributed by atoms with Gasteiger partial charge in [-0.1, -0.05) is 19.1 Å². The van der Waals surface area contributed by atoms with Crippen molar-refractivity contribution in [2.24, 2.45) is 0 Å². The van der Waals surface area contributed by atoms with Crippen LogP contribution >= 0.6 is 0 Å². The normalized spacial score (nSPS) is 11.8. The molecule has 0 aliphatic heterocycles. The summed E-state index contributed by atoms with van der Waals surface area (Å²) in [5.41, 5.74) is 6.98. The molecule has 0 saturated carbocycles. The van der Waals surface area contributed by atoms with Gasteiger partial charge in [-0.15, -0.1) is 0 Å². The second-order valence-corrected chi connectivity index (χ2v) is 3.76. The maximum absolute atomic E-state index is 11.2. The predicted octanol–water partition coefficient (Wildman–Crippen LogP) is 0.791. The summed E-state index contributed by atoms with van der Waals surface area (Å²) in [6, 6.07) is 6.02. The van der Waals surface area contributed by atoms with Crippen molar-refractivity contribution < 1.29 is 14.7 Å². The Morgan fingerprint density at radius 2 is 1.94 bits per heavy atom. The van der Waals surface area contributed by atoms with Crippen LogP contribution < -0.4 is 11.1 Å². The Morgan fingerprint density at radius 1 is 1.35 bits per heavy atom. The monoisotopic (exact) mass is 236 g/mol. The molecule has 0 unspecified atom stereocenters. The number of aliphatic carboxylic acids is 1. The molecule has 0 spiro atoms. The molecule has 17 heavy (non-hydrogen) atoms. The molecule has 5 nitrogen and oxygen atoms in total. The van der Waals surface area contributed by atoms with E-state index in [2.05, 4.69) is 5.32 Å². The van der Waals surface area contributed by atoms with Gasteiger partial charge in [-0.2, -0.15) is 0 Å². The first-order valence-corrected chi connectivity index (χ1v) is 5.39. The van der Waals surface area contributed by atoms with Gasteiger partial charge in [-0.05, 0) is 17.7 Å². The summed E-state index contributed by atoms with van der Waals surface area (Å²) in [6.07, 6.45) is 0.521. The van der Waals surface area contributed by atoms with Crippen molar-refractivity contribution in [2.75, 3.05) is 5.73 Å². The molecule has 0 aliphatic rings. The Kier molecular flexibility index (Phi) is 4.51. The number of carbonyl (C=O) groups is 2. The van der Waals surface area contributed by atoms with Gasteiger partial charge in [-0.25, -0.2) is 4.79 Å². The molecule has 0 aliphatic carbocycles. The molecule has 1 amide bonds. The maximum Gasteiger partial charge on any atom is 0.326 e. The summed E-state index contributed by atoms with van der Waals surface area (Å²) in [6.45, 7) is 1.68. The summed E-state index contributed by atoms with van der Waals surface area (Å²) in [7, 11) is 0. The number of carbonyl (C=O) groups excluding carboxylic acids is 1. The number of anilines is 1. The van der Waals surface area contributed by atoms with Crippen LogP contribution in [0.15, 0.2) is 24.3 Å². The first-order chi connectivity index (χ1) is 8.02. The lowest BCUT2D eigenvalue weighted by molar-refractivity contribution is -0.141. The van der Waals surface area contributed by atoms with Crippen LogP contribution in [0.4, 0.5) is 5.69 Å².